The Hall–Kier alpha value is -1.28. The van der Waals surface area contributed by atoms with Gasteiger partial charge < -0.3 is 10.2 Å². The minimum Gasteiger partial charge on any atom is -0.459 e. The molecule has 1 unspecified atom stereocenters. The summed E-state index contributed by atoms with van der Waals surface area (Å²) in [6.07, 6.45) is 0. The lowest BCUT2D eigenvalue weighted by molar-refractivity contribution is 0.498. The monoisotopic (exact) mass is 217 g/mol. The Morgan fingerprint density at radius 3 is 2.50 bits per heavy atom. The molecule has 0 spiro atoms. The quantitative estimate of drug-likeness (QED) is 0.790. The van der Waals surface area contributed by atoms with E-state index in [0.717, 1.165) is 16.7 Å². The molecular formula is C14H19NO. The Morgan fingerprint density at radius 2 is 1.94 bits per heavy atom. The first kappa shape index (κ1) is 11.2. The van der Waals surface area contributed by atoms with E-state index in [1.165, 1.54) is 5.56 Å². The molecule has 0 bridgehead atoms. The van der Waals surface area contributed by atoms with Crippen molar-refractivity contribution in [3.63, 3.8) is 0 Å². The molecule has 0 saturated heterocycles. The zero-order chi connectivity index (χ0) is 11.9. The number of nitrogens with two attached hydrogens (primary N) is 1. The molecule has 16 heavy (non-hydrogen) atoms. The molecule has 2 heteroatoms. The highest BCUT2D eigenvalue weighted by Gasteiger charge is 2.19. The fourth-order valence-corrected chi connectivity index (χ4v) is 1.90. The first-order valence-corrected chi connectivity index (χ1v) is 5.68. The van der Waals surface area contributed by atoms with Gasteiger partial charge in [-0.15, -0.1) is 0 Å². The van der Waals surface area contributed by atoms with Crippen LogP contribution in [0, 0.1) is 0 Å². The fourth-order valence-electron chi connectivity index (χ4n) is 1.90. The Balaban J connectivity index is 2.68. The maximum absolute atomic E-state index is 5.86. The topological polar surface area (TPSA) is 39.2 Å². The lowest BCUT2D eigenvalue weighted by Crippen LogP contribution is -2.11. The number of furan rings is 1. The summed E-state index contributed by atoms with van der Waals surface area (Å²) in [6.45, 7) is 8.51. The number of hydrogen-bond acceptors (Lipinski definition) is 2. The maximum atomic E-state index is 5.86. The Morgan fingerprint density at radius 1 is 1.25 bits per heavy atom. The van der Waals surface area contributed by atoms with E-state index in [1.54, 1.807) is 0 Å². The van der Waals surface area contributed by atoms with Gasteiger partial charge in [-0.25, -0.2) is 0 Å². The van der Waals surface area contributed by atoms with Gasteiger partial charge in [-0.2, -0.15) is 0 Å². The van der Waals surface area contributed by atoms with Gasteiger partial charge in [0, 0.05) is 10.9 Å². The Kier molecular flexibility index (Phi) is 2.55. The molecular weight excluding hydrogens is 198 g/mol. The Bertz CT molecular complexity index is 503. The largest absolute Gasteiger partial charge is 0.459 e. The van der Waals surface area contributed by atoms with Gasteiger partial charge in [-0.05, 0) is 18.4 Å². The van der Waals surface area contributed by atoms with Gasteiger partial charge in [0.25, 0.3) is 0 Å². The van der Waals surface area contributed by atoms with Crippen LogP contribution < -0.4 is 5.73 Å². The van der Waals surface area contributed by atoms with Crippen LogP contribution in [-0.4, -0.2) is 0 Å². The van der Waals surface area contributed by atoms with Gasteiger partial charge in [0.15, 0.2) is 0 Å². The molecule has 0 aliphatic rings. The van der Waals surface area contributed by atoms with Crippen LogP contribution in [0.3, 0.4) is 0 Å². The van der Waals surface area contributed by atoms with Gasteiger partial charge in [0.2, 0.25) is 0 Å². The van der Waals surface area contributed by atoms with Crippen LogP contribution in [-0.2, 0) is 5.41 Å². The van der Waals surface area contributed by atoms with Crippen molar-refractivity contribution in [3.8, 4) is 0 Å². The molecule has 2 nitrogen and oxygen atoms in total. The summed E-state index contributed by atoms with van der Waals surface area (Å²) in [4.78, 5) is 0. The predicted molar refractivity (Wildman–Crippen MR) is 67.5 cm³/mol. The Labute approximate surface area is 96.4 Å². The standard InChI is InChI=1S/C14H19NO/c1-9(15)12-8-10-6-5-7-11(13(10)16-12)14(2,3)4/h5-9H,15H2,1-4H3. The summed E-state index contributed by atoms with van der Waals surface area (Å²) in [5.74, 6) is 0.853. The van der Waals surface area contributed by atoms with E-state index < -0.39 is 0 Å². The fraction of sp³-hybridized carbons (Fsp3) is 0.429. The first-order chi connectivity index (χ1) is 7.39. The smallest absolute Gasteiger partial charge is 0.138 e. The predicted octanol–water partition coefficient (Wildman–Crippen LogP) is 3.75. The lowest BCUT2D eigenvalue weighted by Gasteiger charge is -2.18. The average molecular weight is 217 g/mol. The average Bonchev–Trinajstić information content (AvgIpc) is 2.58. The molecule has 2 rings (SSSR count). The SMILES string of the molecule is CC(N)c1cc2cccc(C(C)(C)C)c2o1. The summed E-state index contributed by atoms with van der Waals surface area (Å²) >= 11 is 0. The second-order valence-electron chi connectivity index (χ2n) is 5.41. The van der Waals surface area contributed by atoms with Crippen LogP contribution >= 0.6 is 0 Å². The molecule has 1 atom stereocenters. The van der Waals surface area contributed by atoms with Crippen molar-refractivity contribution >= 4 is 11.0 Å². The summed E-state index contributed by atoms with van der Waals surface area (Å²) < 4.78 is 5.86. The van der Waals surface area contributed by atoms with Crippen molar-refractivity contribution in [2.75, 3.05) is 0 Å². The molecule has 86 valence electrons. The van der Waals surface area contributed by atoms with E-state index >= 15 is 0 Å². The summed E-state index contributed by atoms with van der Waals surface area (Å²) in [5.41, 5.74) is 8.14. The van der Waals surface area contributed by atoms with Crippen LogP contribution in [0.15, 0.2) is 28.7 Å². The van der Waals surface area contributed by atoms with Crippen LogP contribution in [0.25, 0.3) is 11.0 Å². The summed E-state index contributed by atoms with van der Waals surface area (Å²) in [7, 11) is 0. The third-order valence-corrected chi connectivity index (χ3v) is 2.82. The second kappa shape index (κ2) is 3.63. The van der Waals surface area contributed by atoms with Crippen LogP contribution in [0.5, 0.6) is 0 Å². The molecule has 0 fully saturated rings. The highest BCUT2D eigenvalue weighted by Crippen LogP contribution is 2.32. The van der Waals surface area contributed by atoms with Crippen molar-refractivity contribution in [1.29, 1.82) is 0 Å². The molecule has 2 aromatic rings. The van der Waals surface area contributed by atoms with E-state index in [-0.39, 0.29) is 11.5 Å². The van der Waals surface area contributed by atoms with Crippen molar-refractivity contribution in [2.45, 2.75) is 39.2 Å². The first-order valence-electron chi connectivity index (χ1n) is 5.68. The van der Waals surface area contributed by atoms with E-state index in [0.29, 0.717) is 0 Å². The molecule has 2 N–H and O–H groups in total. The van der Waals surface area contributed by atoms with Gasteiger partial charge in [-0.3, -0.25) is 0 Å². The van der Waals surface area contributed by atoms with Crippen molar-refractivity contribution in [2.24, 2.45) is 5.73 Å². The van der Waals surface area contributed by atoms with E-state index in [9.17, 15) is 0 Å². The number of para-hydroxylation sites is 1. The minimum absolute atomic E-state index is 0.0554. The van der Waals surface area contributed by atoms with Gasteiger partial charge in [0.1, 0.15) is 11.3 Å². The normalized spacial score (nSPS) is 14.3. The summed E-state index contributed by atoms with van der Waals surface area (Å²) in [5, 5.41) is 1.14. The van der Waals surface area contributed by atoms with Crippen LogP contribution in [0.2, 0.25) is 0 Å². The zero-order valence-electron chi connectivity index (χ0n) is 10.4. The van der Waals surface area contributed by atoms with Crippen molar-refractivity contribution in [1.82, 2.24) is 0 Å². The third kappa shape index (κ3) is 1.85. The molecule has 0 aliphatic carbocycles. The number of hydrogen-bond donors (Lipinski definition) is 1. The maximum Gasteiger partial charge on any atom is 0.138 e. The molecule has 1 heterocycles. The number of benzene rings is 1. The second-order valence-corrected chi connectivity index (χ2v) is 5.41. The molecule has 0 saturated carbocycles. The molecule has 0 aliphatic heterocycles. The van der Waals surface area contributed by atoms with Gasteiger partial charge in [-0.1, -0.05) is 39.0 Å². The zero-order valence-corrected chi connectivity index (χ0v) is 10.4. The lowest BCUT2D eigenvalue weighted by atomic mass is 9.86. The minimum atomic E-state index is -0.0554. The van der Waals surface area contributed by atoms with Crippen molar-refractivity contribution in [3.05, 3.63) is 35.6 Å². The highest BCUT2D eigenvalue weighted by atomic mass is 16.3. The van der Waals surface area contributed by atoms with Crippen molar-refractivity contribution < 1.29 is 4.42 Å². The number of fused-ring (bicyclic) bond motifs is 1. The van der Waals surface area contributed by atoms with E-state index in [4.69, 9.17) is 10.2 Å². The summed E-state index contributed by atoms with van der Waals surface area (Å²) in [6, 6.07) is 8.25. The van der Waals surface area contributed by atoms with E-state index in [2.05, 4.69) is 39.0 Å². The highest BCUT2D eigenvalue weighted by molar-refractivity contribution is 5.82. The third-order valence-electron chi connectivity index (χ3n) is 2.82. The van der Waals surface area contributed by atoms with Gasteiger partial charge >= 0.3 is 0 Å². The molecule has 0 amide bonds. The molecule has 0 radical (unpaired) electrons. The molecule has 1 aromatic heterocycles. The van der Waals surface area contributed by atoms with Gasteiger partial charge in [0.05, 0.1) is 6.04 Å². The number of rotatable bonds is 1. The molecule has 1 aromatic carbocycles. The van der Waals surface area contributed by atoms with Crippen LogP contribution in [0.4, 0.5) is 0 Å². The van der Waals surface area contributed by atoms with Crippen LogP contribution in [0.1, 0.15) is 45.1 Å². The van der Waals surface area contributed by atoms with E-state index in [1.807, 2.05) is 13.0 Å².